The van der Waals surface area contributed by atoms with Crippen LogP contribution in [0.3, 0.4) is 0 Å². The number of anilines is 2. The molecule has 0 aliphatic heterocycles. The molecule has 1 saturated carbocycles. The zero-order chi connectivity index (χ0) is 19.8. The number of fused-ring (bicyclic) bond motifs is 3. The standard InChI is InChI=1S/C28H31N/c1-28(2)26-12-8-7-11-24(26)25-18-17-23(19-27(25)28)29-22-15-13-21(14-16-22)20-9-5-3-4-6-10-20/h7-8,11-20,29H,3-6,9-10H2,1-2H3. The summed E-state index contributed by atoms with van der Waals surface area (Å²) in [4.78, 5) is 0. The molecule has 3 aromatic rings. The van der Waals surface area contributed by atoms with Gasteiger partial charge in [-0.2, -0.15) is 0 Å². The Labute approximate surface area is 175 Å². The van der Waals surface area contributed by atoms with Crippen molar-refractivity contribution in [3.05, 3.63) is 83.4 Å². The maximum absolute atomic E-state index is 3.64. The topological polar surface area (TPSA) is 12.0 Å². The first-order valence-electron chi connectivity index (χ1n) is 11.2. The fourth-order valence-corrected chi connectivity index (χ4v) is 5.40. The highest BCUT2D eigenvalue weighted by Crippen LogP contribution is 2.49. The van der Waals surface area contributed by atoms with Crippen LogP contribution in [0, 0.1) is 0 Å². The lowest BCUT2D eigenvalue weighted by molar-refractivity contribution is 0.592. The second-order valence-corrected chi connectivity index (χ2v) is 9.37. The average molecular weight is 382 g/mol. The molecule has 0 radical (unpaired) electrons. The van der Waals surface area contributed by atoms with Crippen LogP contribution in [0.5, 0.6) is 0 Å². The van der Waals surface area contributed by atoms with Crippen LogP contribution < -0.4 is 5.32 Å². The van der Waals surface area contributed by atoms with Gasteiger partial charge in [0.1, 0.15) is 0 Å². The van der Waals surface area contributed by atoms with E-state index in [1.807, 2.05) is 0 Å². The van der Waals surface area contributed by atoms with Gasteiger partial charge in [-0.15, -0.1) is 0 Å². The summed E-state index contributed by atoms with van der Waals surface area (Å²) in [6.45, 7) is 4.67. The number of benzene rings is 3. The molecular formula is C28H31N. The Morgan fingerprint density at radius 3 is 2.10 bits per heavy atom. The maximum Gasteiger partial charge on any atom is 0.0387 e. The van der Waals surface area contributed by atoms with Gasteiger partial charge in [0, 0.05) is 16.8 Å². The number of hydrogen-bond acceptors (Lipinski definition) is 1. The van der Waals surface area contributed by atoms with E-state index in [0.717, 1.165) is 5.92 Å². The summed E-state index contributed by atoms with van der Waals surface area (Å²) in [6.07, 6.45) is 8.31. The second-order valence-electron chi connectivity index (χ2n) is 9.37. The number of hydrogen-bond donors (Lipinski definition) is 1. The van der Waals surface area contributed by atoms with Gasteiger partial charge < -0.3 is 5.32 Å². The zero-order valence-corrected chi connectivity index (χ0v) is 17.7. The van der Waals surface area contributed by atoms with Crippen molar-refractivity contribution in [2.75, 3.05) is 5.32 Å². The highest BCUT2D eigenvalue weighted by molar-refractivity contribution is 5.82. The first kappa shape index (κ1) is 18.5. The second kappa shape index (κ2) is 7.37. The smallest absolute Gasteiger partial charge is 0.0387 e. The van der Waals surface area contributed by atoms with Crippen LogP contribution in [-0.2, 0) is 5.41 Å². The van der Waals surface area contributed by atoms with Gasteiger partial charge in [-0.25, -0.2) is 0 Å². The van der Waals surface area contributed by atoms with Crippen molar-refractivity contribution >= 4 is 11.4 Å². The first-order chi connectivity index (χ1) is 14.1. The predicted octanol–water partition coefficient (Wildman–Crippen LogP) is 8.17. The van der Waals surface area contributed by atoms with Gasteiger partial charge in [0.2, 0.25) is 0 Å². The van der Waals surface area contributed by atoms with Crippen molar-refractivity contribution in [3.8, 4) is 11.1 Å². The maximum atomic E-state index is 3.64. The minimum atomic E-state index is 0.0486. The molecule has 0 aromatic heterocycles. The molecule has 29 heavy (non-hydrogen) atoms. The molecule has 2 aliphatic carbocycles. The molecule has 148 valence electrons. The molecule has 1 N–H and O–H groups in total. The third-order valence-corrected chi connectivity index (χ3v) is 7.11. The third-order valence-electron chi connectivity index (χ3n) is 7.11. The van der Waals surface area contributed by atoms with Crippen LogP contribution in [0.15, 0.2) is 66.7 Å². The van der Waals surface area contributed by atoms with Crippen LogP contribution >= 0.6 is 0 Å². The van der Waals surface area contributed by atoms with Gasteiger partial charge >= 0.3 is 0 Å². The van der Waals surface area contributed by atoms with Crippen LogP contribution in [0.4, 0.5) is 11.4 Å². The van der Waals surface area contributed by atoms with E-state index < -0.39 is 0 Å². The molecule has 3 aromatic carbocycles. The Bertz CT molecular complexity index is 1000. The normalized spacial score (nSPS) is 18.0. The van der Waals surface area contributed by atoms with Gasteiger partial charge in [0.15, 0.2) is 0 Å². The van der Waals surface area contributed by atoms with E-state index >= 15 is 0 Å². The lowest BCUT2D eigenvalue weighted by Crippen LogP contribution is -2.15. The lowest BCUT2D eigenvalue weighted by atomic mass is 9.82. The van der Waals surface area contributed by atoms with E-state index in [9.17, 15) is 0 Å². The Kier molecular flexibility index (Phi) is 4.70. The molecule has 2 aliphatic rings. The molecule has 0 unspecified atom stereocenters. The first-order valence-corrected chi connectivity index (χ1v) is 11.2. The molecule has 0 atom stereocenters. The predicted molar refractivity (Wildman–Crippen MR) is 124 cm³/mol. The van der Waals surface area contributed by atoms with Crippen LogP contribution in [0.2, 0.25) is 0 Å². The van der Waals surface area contributed by atoms with E-state index in [1.165, 1.54) is 77.7 Å². The van der Waals surface area contributed by atoms with Gasteiger partial charge in [0.25, 0.3) is 0 Å². The summed E-state index contributed by atoms with van der Waals surface area (Å²) in [7, 11) is 0. The summed E-state index contributed by atoms with van der Waals surface area (Å²) >= 11 is 0. The summed E-state index contributed by atoms with van der Waals surface area (Å²) in [5.74, 6) is 0.755. The Morgan fingerprint density at radius 2 is 1.34 bits per heavy atom. The molecule has 0 bridgehead atoms. The third kappa shape index (κ3) is 3.37. The SMILES string of the molecule is CC1(C)c2ccccc2-c2ccc(Nc3ccc(C4CCCCCC4)cc3)cc21. The highest BCUT2D eigenvalue weighted by Gasteiger charge is 2.35. The molecular weight excluding hydrogens is 350 g/mol. The monoisotopic (exact) mass is 381 g/mol. The van der Waals surface area contributed by atoms with E-state index in [4.69, 9.17) is 0 Å². The van der Waals surface area contributed by atoms with Crippen LogP contribution in [0.25, 0.3) is 11.1 Å². The van der Waals surface area contributed by atoms with Crippen molar-refractivity contribution in [3.63, 3.8) is 0 Å². The van der Waals surface area contributed by atoms with Crippen LogP contribution in [0.1, 0.15) is 75.0 Å². The minimum Gasteiger partial charge on any atom is -0.356 e. The lowest BCUT2D eigenvalue weighted by Gasteiger charge is -2.22. The Hall–Kier alpha value is -2.54. The molecule has 1 nitrogen and oxygen atoms in total. The fourth-order valence-electron chi connectivity index (χ4n) is 5.40. The van der Waals surface area contributed by atoms with Crippen molar-refractivity contribution in [2.24, 2.45) is 0 Å². The van der Waals surface area contributed by atoms with Gasteiger partial charge in [0.05, 0.1) is 0 Å². The Morgan fingerprint density at radius 1 is 0.690 bits per heavy atom. The van der Waals surface area contributed by atoms with E-state index in [2.05, 4.69) is 85.9 Å². The van der Waals surface area contributed by atoms with Gasteiger partial charge in [-0.1, -0.05) is 82.0 Å². The van der Waals surface area contributed by atoms with E-state index in [-0.39, 0.29) is 5.41 Å². The molecule has 5 rings (SSSR count). The zero-order valence-electron chi connectivity index (χ0n) is 17.7. The van der Waals surface area contributed by atoms with Crippen molar-refractivity contribution in [1.82, 2.24) is 0 Å². The summed E-state index contributed by atoms with van der Waals surface area (Å²) in [5.41, 5.74) is 9.52. The van der Waals surface area contributed by atoms with Crippen molar-refractivity contribution < 1.29 is 0 Å². The summed E-state index contributed by atoms with van der Waals surface area (Å²) < 4.78 is 0. The quantitative estimate of drug-likeness (QED) is 0.451. The summed E-state index contributed by atoms with van der Waals surface area (Å²) in [6, 6.07) is 24.9. The Balaban J connectivity index is 1.38. The van der Waals surface area contributed by atoms with Crippen molar-refractivity contribution in [1.29, 1.82) is 0 Å². The molecule has 1 heteroatoms. The molecule has 0 spiro atoms. The van der Waals surface area contributed by atoms with E-state index in [0.29, 0.717) is 0 Å². The highest BCUT2D eigenvalue weighted by atomic mass is 14.9. The largest absolute Gasteiger partial charge is 0.356 e. The molecule has 1 fully saturated rings. The number of rotatable bonds is 3. The molecule has 0 saturated heterocycles. The molecule has 0 amide bonds. The van der Waals surface area contributed by atoms with Crippen molar-refractivity contribution in [2.45, 2.75) is 63.7 Å². The van der Waals surface area contributed by atoms with E-state index in [1.54, 1.807) is 0 Å². The van der Waals surface area contributed by atoms with Crippen LogP contribution in [-0.4, -0.2) is 0 Å². The average Bonchev–Trinajstić information content (AvgIpc) is 2.92. The molecule has 0 heterocycles. The minimum absolute atomic E-state index is 0.0486. The van der Waals surface area contributed by atoms with Gasteiger partial charge in [-0.3, -0.25) is 0 Å². The fraction of sp³-hybridized carbons (Fsp3) is 0.357. The van der Waals surface area contributed by atoms with Gasteiger partial charge in [-0.05, 0) is 70.8 Å². The number of nitrogens with one attached hydrogen (secondary N) is 1. The summed E-state index contributed by atoms with van der Waals surface area (Å²) in [5, 5.41) is 3.64.